The number of carbonyl (C=O) groups is 2. The van der Waals surface area contributed by atoms with Crippen LogP contribution in [0, 0.1) is 0 Å². The Kier molecular flexibility index (Phi) is 8.65. The van der Waals surface area contributed by atoms with E-state index in [0.717, 1.165) is 34.4 Å². The predicted octanol–water partition coefficient (Wildman–Crippen LogP) is 7.44. The quantitative estimate of drug-likeness (QED) is 0.139. The third-order valence-electron chi connectivity index (χ3n) is 7.60. The van der Waals surface area contributed by atoms with Gasteiger partial charge in [-0.2, -0.15) is 0 Å². The summed E-state index contributed by atoms with van der Waals surface area (Å²) < 4.78 is 0. The van der Waals surface area contributed by atoms with Gasteiger partial charge in [0.1, 0.15) is 0 Å². The van der Waals surface area contributed by atoms with Crippen LogP contribution < -0.4 is 9.97 Å². The van der Waals surface area contributed by atoms with Gasteiger partial charge in [0.2, 0.25) is 0 Å². The zero-order chi connectivity index (χ0) is 31.6. The molecule has 9 heteroatoms. The first-order valence-electron chi connectivity index (χ1n) is 14.4. The van der Waals surface area contributed by atoms with Gasteiger partial charge >= 0.3 is 28.4 Å². The van der Waals surface area contributed by atoms with E-state index in [1.54, 1.807) is 0 Å². The summed E-state index contributed by atoms with van der Waals surface area (Å²) in [7, 11) is 0. The topological polar surface area (TPSA) is 129 Å². The van der Waals surface area contributed by atoms with Crippen LogP contribution >= 0.6 is 0 Å². The van der Waals surface area contributed by atoms with E-state index in [2.05, 4.69) is 0 Å². The van der Waals surface area contributed by atoms with Gasteiger partial charge in [-0.25, -0.2) is 19.6 Å². The molecule has 0 saturated heterocycles. The summed E-state index contributed by atoms with van der Waals surface area (Å²) in [6.45, 7) is 0. The molecule has 230 valence electrons. The molecule has 0 spiro atoms. The molecule has 2 aliphatic rings. The molecule has 0 fully saturated rings. The van der Waals surface area contributed by atoms with E-state index < -0.39 is 11.9 Å². The van der Waals surface area contributed by atoms with Crippen molar-refractivity contribution in [1.82, 2.24) is 19.9 Å². The smallest absolute Gasteiger partial charge is 0.657 e. The molecule has 8 bridgehead atoms. The normalized spacial score (nSPS) is 12.1. The van der Waals surface area contributed by atoms with Crippen LogP contribution in [0.4, 0.5) is 0 Å². The van der Waals surface area contributed by atoms with Crippen LogP contribution in [0.25, 0.3) is 80.8 Å². The molecule has 3 aromatic heterocycles. The van der Waals surface area contributed by atoms with Crippen molar-refractivity contribution < 1.29 is 36.3 Å². The van der Waals surface area contributed by atoms with Crippen molar-refractivity contribution in [2.45, 2.75) is 0 Å². The minimum Gasteiger partial charge on any atom is -0.657 e. The second-order valence-electron chi connectivity index (χ2n) is 10.5. The van der Waals surface area contributed by atoms with Gasteiger partial charge in [-0.15, -0.1) is 22.1 Å². The summed E-state index contributed by atoms with van der Waals surface area (Å²) in [6, 6.07) is 26.9. The van der Waals surface area contributed by atoms with E-state index in [9.17, 15) is 19.8 Å². The average Bonchev–Trinajstić information content (AvgIpc) is 3.88. The molecule has 0 saturated carbocycles. The number of aliphatic carboxylic acids is 2. The Bertz CT molecular complexity index is 2150. The second kappa shape index (κ2) is 13.1. The van der Waals surface area contributed by atoms with Crippen LogP contribution in [0.15, 0.2) is 97.1 Å². The van der Waals surface area contributed by atoms with Crippen LogP contribution in [-0.2, 0) is 26.1 Å². The molecule has 7 rings (SSSR count). The van der Waals surface area contributed by atoms with Crippen molar-refractivity contribution >= 4 is 70.5 Å². The molecule has 0 unspecified atom stereocenters. The maximum Gasteiger partial charge on any atom is 2.00 e. The predicted molar refractivity (Wildman–Crippen MR) is 181 cm³/mol. The Hall–Kier alpha value is -6.05. The standard InChI is InChI=1S/C38H26N4O4.Ni/c43-35(44)21-11-25-27-13-17-31(39-27)37(23-7-3-1-4-8-23)32-18-14-28(40-32)26(12-22-36(45)46)30-16-20-34(42-30)38(24-9-5-2-6-10-24)33-19-15-29(25)41-33;/h1-22H,(H4,39,40,41,42,43,44,45,46);/q;+2/p-2/b21-11+,22-12+,27-25?,28-26?,29-25?,30-26?,37-31?,37-32?,38-33?,38-34?;. The summed E-state index contributed by atoms with van der Waals surface area (Å²) in [5, 5.41) is 19.0. The summed E-state index contributed by atoms with van der Waals surface area (Å²) >= 11 is 0. The minimum atomic E-state index is -1.09. The second-order valence-corrected chi connectivity index (χ2v) is 10.5. The SMILES string of the molecule is O=C(O)/C=C/c1c2nc(c(-c3ccccc3)c3ccc([n-]3)c(/C=C/C(=O)O)c3nc(c(-c4ccccc4)c4ccc1[n-]4)C=C3)C=C2.[Ni+2]. The Morgan fingerprint density at radius 3 is 1.26 bits per heavy atom. The Morgan fingerprint density at radius 2 is 0.872 bits per heavy atom. The number of rotatable bonds is 6. The van der Waals surface area contributed by atoms with Gasteiger partial charge in [0.05, 0.1) is 22.8 Å². The Labute approximate surface area is 279 Å². The summed E-state index contributed by atoms with van der Waals surface area (Å²) in [6.07, 6.45) is 12.6. The zero-order valence-electron chi connectivity index (χ0n) is 24.5. The van der Waals surface area contributed by atoms with Crippen molar-refractivity contribution in [3.8, 4) is 22.3 Å². The fourth-order valence-electron chi connectivity index (χ4n) is 5.58. The van der Waals surface area contributed by atoms with Crippen LogP contribution in [0.3, 0.4) is 0 Å². The molecule has 2 aliphatic heterocycles. The van der Waals surface area contributed by atoms with Gasteiger partial charge in [0.15, 0.2) is 0 Å². The molecule has 0 atom stereocenters. The molecular formula is C38H24N4NiO4. The number of carboxylic acids is 2. The third kappa shape index (κ3) is 6.25. The summed E-state index contributed by atoms with van der Waals surface area (Å²) in [5.41, 5.74) is 9.15. The number of carboxylic acid groups (broad SMARTS) is 2. The van der Waals surface area contributed by atoms with E-state index in [1.807, 2.05) is 109 Å². The van der Waals surface area contributed by atoms with Crippen molar-refractivity contribution in [3.05, 3.63) is 131 Å². The Morgan fingerprint density at radius 1 is 0.511 bits per heavy atom. The fourth-order valence-corrected chi connectivity index (χ4v) is 5.58. The van der Waals surface area contributed by atoms with E-state index in [0.29, 0.717) is 56.0 Å². The maximum absolute atomic E-state index is 11.6. The van der Waals surface area contributed by atoms with Crippen molar-refractivity contribution in [1.29, 1.82) is 0 Å². The average molecular weight is 659 g/mol. The first-order chi connectivity index (χ1) is 22.4. The molecule has 2 N–H and O–H groups in total. The monoisotopic (exact) mass is 658 g/mol. The molecule has 5 heterocycles. The van der Waals surface area contributed by atoms with Gasteiger partial charge in [-0.05, 0) is 69.8 Å². The molecule has 0 radical (unpaired) electrons. The van der Waals surface area contributed by atoms with Crippen LogP contribution in [0.5, 0.6) is 0 Å². The largest absolute Gasteiger partial charge is 2.00 e. The van der Waals surface area contributed by atoms with E-state index in [-0.39, 0.29) is 16.5 Å². The van der Waals surface area contributed by atoms with E-state index in [4.69, 9.17) is 19.9 Å². The fraction of sp³-hybridized carbons (Fsp3) is 0. The Balaban J connectivity index is 0.00000386. The van der Waals surface area contributed by atoms with Crippen LogP contribution in [-0.4, -0.2) is 32.1 Å². The van der Waals surface area contributed by atoms with Gasteiger partial charge in [0, 0.05) is 12.2 Å². The number of benzene rings is 2. The number of fused-ring (bicyclic) bond motifs is 8. The van der Waals surface area contributed by atoms with Crippen LogP contribution in [0.1, 0.15) is 33.9 Å². The maximum atomic E-state index is 11.6. The molecular weight excluding hydrogens is 635 g/mol. The number of hydrogen-bond donors (Lipinski definition) is 2. The minimum absolute atomic E-state index is 0. The molecule has 8 nitrogen and oxygen atoms in total. The zero-order valence-corrected chi connectivity index (χ0v) is 25.5. The van der Waals surface area contributed by atoms with Crippen LogP contribution in [0.2, 0.25) is 0 Å². The number of aromatic nitrogens is 4. The number of nitrogens with zero attached hydrogens (tertiary/aromatic N) is 4. The summed E-state index contributed by atoms with van der Waals surface area (Å²) in [5.74, 6) is -2.17. The van der Waals surface area contributed by atoms with Gasteiger partial charge < -0.3 is 20.2 Å². The molecule has 47 heavy (non-hydrogen) atoms. The first kappa shape index (κ1) is 31.0. The summed E-state index contributed by atoms with van der Waals surface area (Å²) in [4.78, 5) is 43.1. The van der Waals surface area contributed by atoms with Crippen molar-refractivity contribution in [2.24, 2.45) is 0 Å². The van der Waals surface area contributed by atoms with Crippen molar-refractivity contribution in [2.75, 3.05) is 0 Å². The molecule has 0 aliphatic carbocycles. The van der Waals surface area contributed by atoms with E-state index in [1.165, 1.54) is 12.2 Å². The molecule has 0 amide bonds. The van der Waals surface area contributed by atoms with Gasteiger partial charge in [-0.3, -0.25) is 0 Å². The van der Waals surface area contributed by atoms with Gasteiger partial charge in [-0.1, -0.05) is 84.9 Å². The molecule has 2 aromatic carbocycles. The van der Waals surface area contributed by atoms with Gasteiger partial charge in [0.25, 0.3) is 0 Å². The number of hydrogen-bond acceptors (Lipinski definition) is 4. The van der Waals surface area contributed by atoms with Crippen molar-refractivity contribution in [3.63, 3.8) is 0 Å². The van der Waals surface area contributed by atoms with E-state index >= 15 is 0 Å². The third-order valence-corrected chi connectivity index (χ3v) is 7.60. The first-order valence-corrected chi connectivity index (χ1v) is 14.4. The molecule has 5 aromatic rings.